The summed E-state index contributed by atoms with van der Waals surface area (Å²) in [6.45, 7) is 0. The number of para-hydroxylation sites is 1. The molecular formula is C16H15N3O4. The molecule has 0 fully saturated rings. The lowest BCUT2D eigenvalue weighted by Crippen LogP contribution is -2.19. The zero-order valence-corrected chi connectivity index (χ0v) is 12.4. The van der Waals surface area contributed by atoms with Crippen LogP contribution < -0.4 is 10.2 Å². The number of non-ortho nitro benzene ring substituents is 1. The molecule has 1 amide bonds. The van der Waals surface area contributed by atoms with Gasteiger partial charge >= 0.3 is 0 Å². The van der Waals surface area contributed by atoms with Gasteiger partial charge in [0, 0.05) is 17.7 Å². The zero-order valence-electron chi connectivity index (χ0n) is 12.4. The second-order valence-electron chi connectivity index (χ2n) is 4.64. The number of rotatable bonds is 6. The van der Waals surface area contributed by atoms with Crippen LogP contribution in [0, 0.1) is 10.1 Å². The van der Waals surface area contributed by atoms with Crippen molar-refractivity contribution in [3.8, 4) is 5.75 Å². The average molecular weight is 313 g/mol. The molecule has 0 aliphatic heterocycles. The van der Waals surface area contributed by atoms with Gasteiger partial charge in [-0.2, -0.15) is 5.10 Å². The minimum atomic E-state index is -0.485. The molecule has 0 aromatic heterocycles. The molecule has 0 radical (unpaired) electrons. The van der Waals surface area contributed by atoms with Crippen LogP contribution in [-0.2, 0) is 11.2 Å². The highest BCUT2D eigenvalue weighted by Crippen LogP contribution is 2.14. The van der Waals surface area contributed by atoms with Gasteiger partial charge in [0.15, 0.2) is 0 Å². The molecule has 0 spiro atoms. The Balaban J connectivity index is 1.92. The number of nitro benzene ring substituents is 1. The second-order valence-corrected chi connectivity index (χ2v) is 4.64. The van der Waals surface area contributed by atoms with Crippen molar-refractivity contribution in [2.45, 2.75) is 6.42 Å². The van der Waals surface area contributed by atoms with Gasteiger partial charge in [0.1, 0.15) is 5.75 Å². The summed E-state index contributed by atoms with van der Waals surface area (Å²) in [4.78, 5) is 21.9. The van der Waals surface area contributed by atoms with Crippen molar-refractivity contribution in [1.29, 1.82) is 0 Å². The summed E-state index contributed by atoms with van der Waals surface area (Å²) in [5.74, 6) is 0.339. The number of amides is 1. The summed E-state index contributed by atoms with van der Waals surface area (Å²) in [7, 11) is 1.56. The smallest absolute Gasteiger partial charge is 0.269 e. The summed E-state index contributed by atoms with van der Waals surface area (Å²) < 4.78 is 5.17. The Kier molecular flexibility index (Phi) is 5.40. The Labute approximate surface area is 132 Å². The molecule has 23 heavy (non-hydrogen) atoms. The molecule has 0 saturated heterocycles. The minimum absolute atomic E-state index is 0.0108. The summed E-state index contributed by atoms with van der Waals surface area (Å²) in [6.07, 6.45) is 1.58. The van der Waals surface area contributed by atoms with Crippen LogP contribution in [0.5, 0.6) is 5.75 Å². The van der Waals surface area contributed by atoms with Gasteiger partial charge in [-0.1, -0.05) is 24.3 Å². The number of nitrogens with one attached hydrogen (secondary N) is 1. The Hall–Kier alpha value is -3.22. The van der Waals surface area contributed by atoms with Gasteiger partial charge in [-0.15, -0.1) is 0 Å². The summed E-state index contributed by atoms with van der Waals surface area (Å²) in [5.41, 5.74) is 3.81. The van der Waals surface area contributed by atoms with Crippen molar-refractivity contribution < 1.29 is 14.5 Å². The lowest BCUT2D eigenvalue weighted by molar-refractivity contribution is -0.384. The number of hydrogen-bond donors (Lipinski definition) is 1. The highest BCUT2D eigenvalue weighted by molar-refractivity contribution is 5.85. The largest absolute Gasteiger partial charge is 0.496 e. The molecule has 0 saturated carbocycles. The molecule has 0 atom stereocenters. The van der Waals surface area contributed by atoms with Crippen LogP contribution >= 0.6 is 0 Å². The van der Waals surface area contributed by atoms with E-state index in [-0.39, 0.29) is 18.0 Å². The van der Waals surface area contributed by atoms with Gasteiger partial charge in [-0.05, 0) is 17.7 Å². The number of ether oxygens (including phenoxy) is 1. The first-order valence-electron chi connectivity index (χ1n) is 6.78. The summed E-state index contributed by atoms with van der Waals surface area (Å²) in [5, 5.41) is 14.4. The number of hydrazone groups is 1. The third-order valence-electron chi connectivity index (χ3n) is 3.04. The first-order chi connectivity index (χ1) is 11.1. The van der Waals surface area contributed by atoms with Crippen LogP contribution in [0.1, 0.15) is 11.1 Å². The maximum Gasteiger partial charge on any atom is 0.269 e. The number of methoxy groups -OCH3 is 1. The van der Waals surface area contributed by atoms with Crippen molar-refractivity contribution in [1.82, 2.24) is 5.43 Å². The van der Waals surface area contributed by atoms with Crippen LogP contribution in [0.3, 0.4) is 0 Å². The fourth-order valence-electron chi connectivity index (χ4n) is 1.91. The minimum Gasteiger partial charge on any atom is -0.496 e. The molecule has 0 aliphatic rings. The molecular weight excluding hydrogens is 298 g/mol. The highest BCUT2D eigenvalue weighted by Gasteiger charge is 2.06. The second kappa shape index (κ2) is 7.69. The number of carbonyl (C=O) groups excluding carboxylic acids is 1. The fourth-order valence-corrected chi connectivity index (χ4v) is 1.91. The normalized spacial score (nSPS) is 10.5. The first kappa shape index (κ1) is 16.2. The number of benzene rings is 2. The van der Waals surface area contributed by atoms with E-state index in [1.807, 2.05) is 18.2 Å². The van der Waals surface area contributed by atoms with Crippen LogP contribution in [-0.4, -0.2) is 24.2 Å². The molecule has 2 rings (SSSR count). The predicted octanol–water partition coefficient (Wildman–Crippen LogP) is 2.30. The molecule has 0 unspecified atom stereocenters. The Morgan fingerprint density at radius 1 is 1.26 bits per heavy atom. The number of hydrogen-bond acceptors (Lipinski definition) is 5. The molecule has 1 N–H and O–H groups in total. The maximum absolute atomic E-state index is 11.8. The van der Waals surface area contributed by atoms with E-state index in [4.69, 9.17) is 4.74 Å². The first-order valence-corrected chi connectivity index (χ1v) is 6.78. The van der Waals surface area contributed by atoms with Crippen molar-refractivity contribution in [3.05, 3.63) is 69.8 Å². The van der Waals surface area contributed by atoms with Crippen molar-refractivity contribution in [2.24, 2.45) is 5.10 Å². The molecule has 0 aliphatic carbocycles. The molecule has 2 aromatic carbocycles. The van der Waals surface area contributed by atoms with Crippen LogP contribution in [0.2, 0.25) is 0 Å². The van der Waals surface area contributed by atoms with E-state index < -0.39 is 4.92 Å². The van der Waals surface area contributed by atoms with Crippen LogP contribution in [0.25, 0.3) is 0 Å². The summed E-state index contributed by atoms with van der Waals surface area (Å²) >= 11 is 0. The lowest BCUT2D eigenvalue weighted by atomic mass is 10.1. The number of nitrogens with zero attached hydrogens (tertiary/aromatic N) is 2. The van der Waals surface area contributed by atoms with E-state index in [1.165, 1.54) is 18.3 Å². The van der Waals surface area contributed by atoms with Gasteiger partial charge in [-0.3, -0.25) is 14.9 Å². The molecule has 0 bridgehead atoms. The van der Waals surface area contributed by atoms with E-state index in [0.717, 1.165) is 5.56 Å². The standard InChI is InChI=1S/C16H15N3O4/c1-23-15-5-3-2-4-13(15)11-17-18-16(20)10-12-6-8-14(9-7-12)19(21)22/h2-9,11H,10H2,1H3,(H,18,20). The van der Waals surface area contributed by atoms with Gasteiger partial charge < -0.3 is 4.74 Å². The quantitative estimate of drug-likeness (QED) is 0.503. The van der Waals surface area contributed by atoms with Gasteiger partial charge in [0.05, 0.1) is 24.7 Å². The monoisotopic (exact) mass is 313 g/mol. The van der Waals surface area contributed by atoms with E-state index in [9.17, 15) is 14.9 Å². The third kappa shape index (κ3) is 4.63. The summed E-state index contributed by atoms with van der Waals surface area (Å²) in [6, 6.07) is 13.1. The topological polar surface area (TPSA) is 93.8 Å². The molecule has 7 nitrogen and oxygen atoms in total. The van der Waals surface area contributed by atoms with Crippen LogP contribution in [0.15, 0.2) is 53.6 Å². The average Bonchev–Trinajstić information content (AvgIpc) is 2.55. The van der Waals surface area contributed by atoms with E-state index in [2.05, 4.69) is 10.5 Å². The third-order valence-corrected chi connectivity index (χ3v) is 3.04. The van der Waals surface area contributed by atoms with E-state index in [1.54, 1.807) is 25.3 Å². The van der Waals surface area contributed by atoms with Crippen LogP contribution in [0.4, 0.5) is 5.69 Å². The Morgan fingerprint density at radius 3 is 2.61 bits per heavy atom. The molecule has 2 aromatic rings. The van der Waals surface area contributed by atoms with Gasteiger partial charge in [0.25, 0.3) is 5.69 Å². The Bertz CT molecular complexity index is 726. The highest BCUT2D eigenvalue weighted by atomic mass is 16.6. The van der Waals surface area contributed by atoms with Crippen molar-refractivity contribution in [2.75, 3.05) is 7.11 Å². The van der Waals surface area contributed by atoms with Gasteiger partial charge in [-0.25, -0.2) is 5.43 Å². The van der Waals surface area contributed by atoms with Crippen molar-refractivity contribution in [3.63, 3.8) is 0 Å². The lowest BCUT2D eigenvalue weighted by Gasteiger charge is -2.03. The van der Waals surface area contributed by atoms with E-state index in [0.29, 0.717) is 11.3 Å². The SMILES string of the molecule is COc1ccccc1C=NNC(=O)Cc1ccc([N+](=O)[O-])cc1. The molecule has 7 heteroatoms. The zero-order chi connectivity index (χ0) is 16.7. The van der Waals surface area contributed by atoms with E-state index >= 15 is 0 Å². The maximum atomic E-state index is 11.8. The molecule has 0 heterocycles. The number of carbonyl (C=O) groups is 1. The molecule has 118 valence electrons. The van der Waals surface area contributed by atoms with Gasteiger partial charge in [0.2, 0.25) is 5.91 Å². The van der Waals surface area contributed by atoms with Crippen molar-refractivity contribution >= 4 is 17.8 Å². The predicted molar refractivity (Wildman–Crippen MR) is 85.5 cm³/mol. The fraction of sp³-hybridized carbons (Fsp3) is 0.125. The Morgan fingerprint density at radius 2 is 1.96 bits per heavy atom. The number of nitro groups is 1.